The molecule has 11 nitrogen and oxygen atoms in total. The molecule has 0 aliphatic heterocycles. The van der Waals surface area contributed by atoms with Gasteiger partial charge >= 0.3 is 24.1 Å². The van der Waals surface area contributed by atoms with Crippen LogP contribution in [0, 0.1) is 12.8 Å². The van der Waals surface area contributed by atoms with E-state index < -0.39 is 23.7 Å². The number of aliphatic imine (C=N–C) groups is 1. The highest BCUT2D eigenvalue weighted by molar-refractivity contribution is 5.99. The average Bonchev–Trinajstić information content (AvgIpc) is 3.66. The van der Waals surface area contributed by atoms with Crippen molar-refractivity contribution in [2.75, 3.05) is 17.7 Å². The smallest absolute Gasteiger partial charge is 0.416 e. The fourth-order valence-corrected chi connectivity index (χ4v) is 4.79. The van der Waals surface area contributed by atoms with Crippen LogP contribution in [0.1, 0.15) is 42.5 Å². The molecule has 2 heterocycles. The molecule has 2 aromatic heterocycles. The number of anilines is 2. The number of nitrogens with zero attached hydrogens (tertiary/aromatic N) is 5. The number of hydrogen-bond donors (Lipinski definition) is 2. The van der Waals surface area contributed by atoms with Gasteiger partial charge in [-0.05, 0) is 60.0 Å². The summed E-state index contributed by atoms with van der Waals surface area (Å²) in [6, 6.07) is 9.82. The zero-order valence-electron chi connectivity index (χ0n) is 23.3. The Morgan fingerprint density at radius 1 is 1.16 bits per heavy atom. The summed E-state index contributed by atoms with van der Waals surface area (Å²) >= 11 is 0. The first kappa shape index (κ1) is 29.5. The number of carbonyl (C=O) groups is 1. The molecule has 0 unspecified atom stereocenters. The Hall–Kier alpha value is -5.01. The second kappa shape index (κ2) is 12.5. The molecular weight excluding hydrogens is 567 g/mol. The molecule has 0 bridgehead atoms. The van der Waals surface area contributed by atoms with E-state index in [9.17, 15) is 23.1 Å². The monoisotopic (exact) mass is 595 g/mol. The highest BCUT2D eigenvalue weighted by Gasteiger charge is 2.31. The van der Waals surface area contributed by atoms with Gasteiger partial charge in [-0.2, -0.15) is 18.2 Å². The Kier molecular flexibility index (Phi) is 8.55. The van der Waals surface area contributed by atoms with Crippen LogP contribution >= 0.6 is 0 Å². The minimum absolute atomic E-state index is 0.0339. The maximum Gasteiger partial charge on any atom is 0.416 e. The second-order valence-corrected chi connectivity index (χ2v) is 10.1. The van der Waals surface area contributed by atoms with Crippen molar-refractivity contribution in [3.63, 3.8) is 0 Å². The fourth-order valence-electron chi connectivity index (χ4n) is 4.79. The van der Waals surface area contributed by atoms with Crippen molar-refractivity contribution >= 4 is 29.2 Å². The summed E-state index contributed by atoms with van der Waals surface area (Å²) < 4.78 is 52.2. The minimum atomic E-state index is -4.70. The van der Waals surface area contributed by atoms with Crippen LogP contribution < -0.4 is 25.2 Å². The number of rotatable bonds is 8. The molecule has 5 rings (SSSR count). The van der Waals surface area contributed by atoms with Crippen molar-refractivity contribution in [1.82, 2.24) is 15.2 Å². The van der Waals surface area contributed by atoms with Crippen LogP contribution in [0.25, 0.3) is 11.1 Å². The number of amides is 2. The first-order chi connectivity index (χ1) is 20.6. The number of urea groups is 1. The number of hydrogen-bond acceptors (Lipinski definition) is 8. The third-order valence-corrected chi connectivity index (χ3v) is 6.94. The Balaban J connectivity index is 1.23. The van der Waals surface area contributed by atoms with Crippen molar-refractivity contribution in [3.8, 4) is 17.1 Å². The number of alkyl halides is 3. The Labute approximate surface area is 244 Å². The fraction of sp³-hybridized carbons (Fsp3) is 0.310. The van der Waals surface area contributed by atoms with E-state index in [0.717, 1.165) is 47.4 Å². The molecule has 1 fully saturated rings. The minimum Gasteiger partial charge on any atom is -0.861 e. The van der Waals surface area contributed by atoms with E-state index in [4.69, 9.17) is 9.26 Å². The molecule has 0 spiro atoms. The summed E-state index contributed by atoms with van der Waals surface area (Å²) in [7, 11) is 1.50. The third kappa shape index (κ3) is 7.45. The van der Waals surface area contributed by atoms with E-state index in [1.54, 1.807) is 6.20 Å². The van der Waals surface area contributed by atoms with Crippen LogP contribution in [0.4, 0.5) is 35.2 Å². The van der Waals surface area contributed by atoms with E-state index in [1.165, 1.54) is 24.1 Å². The van der Waals surface area contributed by atoms with E-state index >= 15 is 0 Å². The zero-order chi connectivity index (χ0) is 30.6. The highest BCUT2D eigenvalue weighted by Crippen LogP contribution is 2.35. The predicted octanol–water partition coefficient (Wildman–Crippen LogP) is 5.03. The Morgan fingerprint density at radius 3 is 2.58 bits per heavy atom. The number of methoxy groups -OCH3 is 1. The molecule has 1 saturated carbocycles. The van der Waals surface area contributed by atoms with E-state index in [-0.39, 0.29) is 23.2 Å². The molecule has 1 aliphatic rings. The molecule has 224 valence electrons. The highest BCUT2D eigenvalue weighted by atomic mass is 19.4. The van der Waals surface area contributed by atoms with Gasteiger partial charge in [0.05, 0.1) is 24.1 Å². The van der Waals surface area contributed by atoms with Crippen molar-refractivity contribution in [3.05, 3.63) is 71.7 Å². The lowest BCUT2D eigenvalue weighted by Gasteiger charge is -2.18. The first-order valence-electron chi connectivity index (χ1n) is 13.5. The third-order valence-electron chi connectivity index (χ3n) is 6.94. The lowest BCUT2D eigenvalue weighted by atomic mass is 10.0. The summed E-state index contributed by atoms with van der Waals surface area (Å²) in [5.74, 6) is -0.788. The molecule has 1 aliphatic carbocycles. The van der Waals surface area contributed by atoms with Crippen LogP contribution in [0.15, 0.2) is 64.4 Å². The van der Waals surface area contributed by atoms with Crippen LogP contribution in [0.5, 0.6) is 6.01 Å². The maximum absolute atomic E-state index is 13.5. The predicted molar refractivity (Wildman–Crippen MR) is 148 cm³/mol. The zero-order valence-corrected chi connectivity index (χ0v) is 23.3. The van der Waals surface area contributed by atoms with Gasteiger partial charge in [0.1, 0.15) is 0 Å². The van der Waals surface area contributed by atoms with E-state index in [2.05, 4.69) is 30.9 Å². The lowest BCUT2D eigenvalue weighted by Crippen LogP contribution is -2.35. The molecule has 0 saturated heterocycles. The van der Waals surface area contributed by atoms with Crippen molar-refractivity contribution in [2.45, 2.75) is 45.3 Å². The molecule has 14 heteroatoms. The summed E-state index contributed by atoms with van der Waals surface area (Å²) in [4.78, 5) is 24.9. The van der Waals surface area contributed by atoms with Crippen LogP contribution in [-0.4, -0.2) is 34.3 Å². The molecule has 2 aromatic carbocycles. The number of nitrogens with one attached hydrogen (secondary N) is 2. The Bertz CT molecular complexity index is 1630. The van der Waals surface area contributed by atoms with Crippen LogP contribution in [0.3, 0.4) is 0 Å². The normalized spacial score (nSPS) is 14.1. The van der Waals surface area contributed by atoms with Gasteiger partial charge in [0.25, 0.3) is 6.20 Å². The summed E-state index contributed by atoms with van der Waals surface area (Å²) in [6.07, 6.45) is 1.51. The van der Waals surface area contributed by atoms with Gasteiger partial charge in [-0.15, -0.1) is 0 Å². The lowest BCUT2D eigenvalue weighted by molar-refractivity contribution is -0.754. The van der Waals surface area contributed by atoms with Crippen molar-refractivity contribution < 1.29 is 37.0 Å². The largest absolute Gasteiger partial charge is 0.861 e. The second-order valence-electron chi connectivity index (χ2n) is 10.1. The van der Waals surface area contributed by atoms with Crippen molar-refractivity contribution in [1.29, 1.82) is 0 Å². The number of ether oxygens (including phenoxy) is 1. The standard InChI is InChI=1S/C29H28F3N7O4/c1-17-24(14-33-28(34-17)42-2)19-9-7-18(8-10-19)15-39-16-25(43-38-39)37-27(41)36-23-12-21(29(30,31)32)11-22(13-23)35-26(40)20-5-3-4-6-20/h7-14,16,20H,3-6,15H2,1-2H3,(H2-,35,36,37,38,40,41). The quantitative estimate of drug-likeness (QED) is 0.165. The topological polar surface area (TPSA) is 141 Å². The number of benzene rings is 2. The number of carbonyl (C=O) groups excluding carboxylic acids is 1. The van der Waals surface area contributed by atoms with Gasteiger partial charge < -0.3 is 15.2 Å². The van der Waals surface area contributed by atoms with Gasteiger partial charge in [0.15, 0.2) is 0 Å². The Morgan fingerprint density at radius 2 is 1.91 bits per heavy atom. The molecular formula is C29H28F3N7O4. The first-order valence-corrected chi connectivity index (χ1v) is 13.5. The molecule has 4 aromatic rings. The summed E-state index contributed by atoms with van der Waals surface area (Å²) in [5, 5.41) is 21.0. The molecule has 43 heavy (non-hydrogen) atoms. The van der Waals surface area contributed by atoms with Gasteiger partial charge in [0, 0.05) is 23.0 Å². The van der Waals surface area contributed by atoms with Gasteiger partial charge in [0.2, 0.25) is 11.8 Å². The molecule has 2 amide bonds. The maximum atomic E-state index is 13.5. The van der Waals surface area contributed by atoms with Crippen LogP contribution in [-0.2, 0) is 12.7 Å². The van der Waals surface area contributed by atoms with Gasteiger partial charge in [-0.1, -0.05) is 37.1 Å². The summed E-state index contributed by atoms with van der Waals surface area (Å²) in [6.45, 7) is 2.18. The molecule has 2 N–H and O–H groups in total. The van der Waals surface area contributed by atoms with E-state index in [0.29, 0.717) is 25.4 Å². The number of aryl methyl sites for hydroxylation is 1. The SMILES string of the molecule is COc1ncc(-c2ccc(C[n+]3cc(NC(=O)Nc4cc(N=C([O-])C5CCCC5)cc(C(F)(F)F)c4)on3)cc2)c(C)n1. The average molecular weight is 596 g/mol. The van der Waals surface area contributed by atoms with Crippen molar-refractivity contribution in [2.24, 2.45) is 10.9 Å². The number of halogens is 3. The number of aromatic nitrogens is 4. The van der Waals surface area contributed by atoms with Gasteiger partial charge in [-0.3, -0.25) is 14.8 Å². The summed E-state index contributed by atoms with van der Waals surface area (Å²) in [5.41, 5.74) is 2.03. The molecule has 0 atom stereocenters. The van der Waals surface area contributed by atoms with Crippen LogP contribution in [0.2, 0.25) is 0 Å². The van der Waals surface area contributed by atoms with E-state index in [1.807, 2.05) is 31.2 Å². The van der Waals surface area contributed by atoms with Gasteiger partial charge in [-0.25, -0.2) is 9.78 Å². The molecule has 0 radical (unpaired) electrons.